The third kappa shape index (κ3) is 2.99. The summed E-state index contributed by atoms with van der Waals surface area (Å²) in [5, 5.41) is 4.39. The van der Waals surface area contributed by atoms with Gasteiger partial charge >= 0.3 is 0 Å². The summed E-state index contributed by atoms with van der Waals surface area (Å²) >= 11 is 6.26. The average molecular weight is 274 g/mol. The molecule has 1 atom stereocenters. The summed E-state index contributed by atoms with van der Waals surface area (Å²) in [4.78, 5) is 0. The minimum Gasteiger partial charge on any atom is -0.307 e. The SMILES string of the molecule is CCNC(c1ccccc1C)c1cccc(Cl)c1C. The highest BCUT2D eigenvalue weighted by molar-refractivity contribution is 6.31. The highest BCUT2D eigenvalue weighted by atomic mass is 35.5. The fraction of sp³-hybridized carbons (Fsp3) is 0.294. The molecule has 0 aromatic heterocycles. The lowest BCUT2D eigenvalue weighted by Gasteiger charge is -2.23. The molecule has 0 saturated heterocycles. The van der Waals surface area contributed by atoms with Crippen LogP contribution in [0.25, 0.3) is 0 Å². The van der Waals surface area contributed by atoms with Gasteiger partial charge < -0.3 is 5.32 Å². The van der Waals surface area contributed by atoms with E-state index in [2.05, 4.69) is 56.4 Å². The van der Waals surface area contributed by atoms with Gasteiger partial charge in [0.05, 0.1) is 6.04 Å². The van der Waals surface area contributed by atoms with Crippen molar-refractivity contribution in [1.82, 2.24) is 5.32 Å². The van der Waals surface area contributed by atoms with Crippen molar-refractivity contribution in [3.63, 3.8) is 0 Å². The summed E-state index contributed by atoms with van der Waals surface area (Å²) in [6.45, 7) is 7.29. The predicted octanol–water partition coefficient (Wildman–Crippen LogP) is 4.66. The molecule has 2 aromatic rings. The van der Waals surface area contributed by atoms with Gasteiger partial charge in [-0.2, -0.15) is 0 Å². The number of hydrogen-bond acceptors (Lipinski definition) is 1. The van der Waals surface area contributed by atoms with Gasteiger partial charge in [0.25, 0.3) is 0 Å². The molecule has 0 bridgehead atoms. The van der Waals surface area contributed by atoms with Crippen LogP contribution in [0.4, 0.5) is 0 Å². The Kier molecular flexibility index (Phi) is 4.62. The van der Waals surface area contributed by atoms with Gasteiger partial charge in [0.2, 0.25) is 0 Å². The zero-order valence-electron chi connectivity index (χ0n) is 11.7. The molecule has 0 radical (unpaired) electrons. The van der Waals surface area contributed by atoms with E-state index in [0.29, 0.717) is 0 Å². The number of rotatable bonds is 4. The Morgan fingerprint density at radius 2 is 1.68 bits per heavy atom. The lowest BCUT2D eigenvalue weighted by atomic mass is 9.92. The number of nitrogens with one attached hydrogen (secondary N) is 1. The van der Waals surface area contributed by atoms with Crippen molar-refractivity contribution >= 4 is 11.6 Å². The molecular weight excluding hydrogens is 254 g/mol. The van der Waals surface area contributed by atoms with Crippen LogP contribution >= 0.6 is 11.6 Å². The molecule has 1 nitrogen and oxygen atoms in total. The van der Waals surface area contributed by atoms with Crippen molar-refractivity contribution in [2.75, 3.05) is 6.54 Å². The van der Waals surface area contributed by atoms with E-state index in [-0.39, 0.29) is 6.04 Å². The number of benzene rings is 2. The molecule has 19 heavy (non-hydrogen) atoms. The molecule has 0 aliphatic carbocycles. The Bertz CT molecular complexity index is 563. The summed E-state index contributed by atoms with van der Waals surface area (Å²) in [7, 11) is 0. The van der Waals surface area contributed by atoms with Crippen molar-refractivity contribution in [3.8, 4) is 0 Å². The molecule has 2 heteroatoms. The van der Waals surface area contributed by atoms with Crippen molar-refractivity contribution in [1.29, 1.82) is 0 Å². The van der Waals surface area contributed by atoms with Gasteiger partial charge in [-0.3, -0.25) is 0 Å². The molecule has 0 saturated carbocycles. The number of aryl methyl sites for hydroxylation is 1. The summed E-state index contributed by atoms with van der Waals surface area (Å²) in [6, 6.07) is 14.8. The summed E-state index contributed by atoms with van der Waals surface area (Å²) < 4.78 is 0. The first-order valence-electron chi connectivity index (χ1n) is 6.69. The van der Waals surface area contributed by atoms with Gasteiger partial charge in [-0.25, -0.2) is 0 Å². The van der Waals surface area contributed by atoms with Crippen LogP contribution in [0.2, 0.25) is 5.02 Å². The van der Waals surface area contributed by atoms with Crippen LogP contribution < -0.4 is 5.32 Å². The standard InChI is InChI=1S/C17H20ClN/c1-4-19-17(14-9-6-5-8-12(14)2)15-10-7-11-16(18)13(15)3/h5-11,17,19H,4H2,1-3H3. The Hall–Kier alpha value is -1.31. The van der Waals surface area contributed by atoms with E-state index in [4.69, 9.17) is 11.6 Å². The maximum atomic E-state index is 6.26. The molecule has 1 N–H and O–H groups in total. The van der Waals surface area contributed by atoms with Crippen LogP contribution in [-0.2, 0) is 0 Å². The maximum absolute atomic E-state index is 6.26. The van der Waals surface area contributed by atoms with Crippen molar-refractivity contribution in [2.45, 2.75) is 26.8 Å². The van der Waals surface area contributed by atoms with Crippen LogP contribution in [-0.4, -0.2) is 6.54 Å². The van der Waals surface area contributed by atoms with Gasteiger partial charge in [-0.05, 0) is 48.7 Å². The van der Waals surface area contributed by atoms with E-state index >= 15 is 0 Å². The van der Waals surface area contributed by atoms with Gasteiger partial charge in [0, 0.05) is 5.02 Å². The quantitative estimate of drug-likeness (QED) is 0.855. The molecule has 0 fully saturated rings. The van der Waals surface area contributed by atoms with E-state index in [1.807, 2.05) is 12.1 Å². The first kappa shape index (κ1) is 14.1. The first-order valence-corrected chi connectivity index (χ1v) is 7.06. The first-order chi connectivity index (χ1) is 9.15. The van der Waals surface area contributed by atoms with Gasteiger partial charge in [0.15, 0.2) is 0 Å². The lowest BCUT2D eigenvalue weighted by molar-refractivity contribution is 0.625. The van der Waals surface area contributed by atoms with E-state index in [1.165, 1.54) is 16.7 Å². The maximum Gasteiger partial charge on any atom is 0.0582 e. The summed E-state index contributed by atoms with van der Waals surface area (Å²) in [5.41, 5.74) is 5.02. The van der Waals surface area contributed by atoms with Crippen LogP contribution in [0.15, 0.2) is 42.5 Å². The second kappa shape index (κ2) is 6.23. The Morgan fingerprint density at radius 1 is 1.00 bits per heavy atom. The topological polar surface area (TPSA) is 12.0 Å². The van der Waals surface area contributed by atoms with Crippen LogP contribution in [0.3, 0.4) is 0 Å². The van der Waals surface area contributed by atoms with Crippen LogP contribution in [0.1, 0.15) is 35.2 Å². The number of halogens is 1. The van der Waals surface area contributed by atoms with Crippen molar-refractivity contribution in [3.05, 3.63) is 69.7 Å². The Morgan fingerprint density at radius 3 is 2.37 bits per heavy atom. The zero-order valence-corrected chi connectivity index (χ0v) is 12.5. The molecule has 0 spiro atoms. The fourth-order valence-electron chi connectivity index (χ4n) is 2.44. The average Bonchev–Trinajstić information content (AvgIpc) is 2.41. The van der Waals surface area contributed by atoms with Gasteiger partial charge in [-0.1, -0.05) is 54.9 Å². The normalized spacial score (nSPS) is 12.4. The van der Waals surface area contributed by atoms with Gasteiger partial charge in [0.1, 0.15) is 0 Å². The van der Waals surface area contributed by atoms with E-state index in [1.54, 1.807) is 0 Å². The Labute approximate surface area is 120 Å². The van der Waals surface area contributed by atoms with Crippen LogP contribution in [0, 0.1) is 13.8 Å². The predicted molar refractivity (Wildman–Crippen MR) is 82.9 cm³/mol. The summed E-state index contributed by atoms with van der Waals surface area (Å²) in [6.07, 6.45) is 0. The molecule has 1 unspecified atom stereocenters. The van der Waals surface area contributed by atoms with E-state index < -0.39 is 0 Å². The molecule has 2 aromatic carbocycles. The largest absolute Gasteiger partial charge is 0.307 e. The zero-order chi connectivity index (χ0) is 13.8. The summed E-state index contributed by atoms with van der Waals surface area (Å²) in [5.74, 6) is 0. The molecule has 0 aliphatic heterocycles. The van der Waals surface area contributed by atoms with E-state index in [0.717, 1.165) is 17.1 Å². The van der Waals surface area contributed by atoms with Gasteiger partial charge in [-0.15, -0.1) is 0 Å². The highest BCUT2D eigenvalue weighted by Crippen LogP contribution is 2.30. The molecule has 0 heterocycles. The molecule has 0 aliphatic rings. The molecular formula is C17H20ClN. The molecule has 100 valence electrons. The smallest absolute Gasteiger partial charge is 0.0582 e. The second-order valence-corrected chi connectivity index (χ2v) is 5.21. The van der Waals surface area contributed by atoms with E-state index in [9.17, 15) is 0 Å². The minimum absolute atomic E-state index is 0.199. The molecule has 2 rings (SSSR count). The molecule has 0 amide bonds. The Balaban J connectivity index is 2.52. The fourth-order valence-corrected chi connectivity index (χ4v) is 2.62. The van der Waals surface area contributed by atoms with Crippen molar-refractivity contribution in [2.24, 2.45) is 0 Å². The van der Waals surface area contributed by atoms with Crippen LogP contribution in [0.5, 0.6) is 0 Å². The monoisotopic (exact) mass is 273 g/mol. The second-order valence-electron chi connectivity index (χ2n) is 4.80. The third-order valence-electron chi connectivity index (χ3n) is 3.53. The highest BCUT2D eigenvalue weighted by Gasteiger charge is 2.17. The number of hydrogen-bond donors (Lipinski definition) is 1. The van der Waals surface area contributed by atoms with Crippen molar-refractivity contribution < 1.29 is 0 Å². The third-order valence-corrected chi connectivity index (χ3v) is 3.94. The lowest BCUT2D eigenvalue weighted by Crippen LogP contribution is -2.23. The minimum atomic E-state index is 0.199.